The van der Waals surface area contributed by atoms with Gasteiger partial charge in [0, 0.05) is 6.20 Å². The molecule has 0 saturated carbocycles. The number of carbonyl (C=O) groups excluding carboxylic acids is 3. The summed E-state index contributed by atoms with van der Waals surface area (Å²) in [6, 6.07) is 8.28. The summed E-state index contributed by atoms with van der Waals surface area (Å²) in [6.07, 6.45) is 6.25. The fraction of sp³-hybridized carbons (Fsp3) is 0.480. The first-order chi connectivity index (χ1) is 16.7. The number of aryl methyl sites for hydroxylation is 1. The molecule has 0 spiro atoms. The molecular weight excluding hydrogens is 448 g/mol. The third-order valence-corrected chi connectivity index (χ3v) is 5.98. The van der Waals surface area contributed by atoms with E-state index < -0.39 is 35.0 Å². The molecule has 2 aromatic rings. The van der Waals surface area contributed by atoms with Crippen LogP contribution in [0.2, 0.25) is 0 Å². The second kappa shape index (κ2) is 12.9. The van der Waals surface area contributed by atoms with Crippen molar-refractivity contribution in [2.45, 2.75) is 59.4 Å². The number of nitrogens with two attached hydrogens (primary N) is 1. The third kappa shape index (κ3) is 6.83. The first-order valence-electron chi connectivity index (χ1n) is 11.8. The maximum atomic E-state index is 14.3. The van der Waals surface area contributed by atoms with Gasteiger partial charge in [-0.1, -0.05) is 74.9 Å². The topological polar surface area (TPSA) is 152 Å². The van der Waals surface area contributed by atoms with Gasteiger partial charge in [0.15, 0.2) is 5.78 Å². The molecule has 5 N–H and O–H groups in total. The SMILES string of the molecule is CCCC(CC(C)C)(C(=O)NN)C(=O)[C@@H]([C@H](C/C=C/c1ccccc1)C(=O)NO)n1cc(C)nn1. The van der Waals surface area contributed by atoms with E-state index in [4.69, 9.17) is 5.84 Å². The van der Waals surface area contributed by atoms with Gasteiger partial charge in [-0.05, 0) is 37.7 Å². The molecule has 1 aromatic carbocycles. The van der Waals surface area contributed by atoms with Crippen molar-refractivity contribution in [3.8, 4) is 0 Å². The Morgan fingerprint density at radius 3 is 2.43 bits per heavy atom. The highest BCUT2D eigenvalue weighted by molar-refractivity contribution is 6.08. The van der Waals surface area contributed by atoms with Gasteiger partial charge in [-0.15, -0.1) is 5.10 Å². The summed E-state index contributed by atoms with van der Waals surface area (Å²) in [5.41, 5.74) is 3.82. The molecule has 0 radical (unpaired) electrons. The van der Waals surface area contributed by atoms with Crippen molar-refractivity contribution >= 4 is 23.7 Å². The minimum atomic E-state index is -1.49. The smallest absolute Gasteiger partial charge is 0.249 e. The maximum absolute atomic E-state index is 14.3. The molecule has 0 bridgehead atoms. The van der Waals surface area contributed by atoms with Crippen LogP contribution in [-0.2, 0) is 14.4 Å². The van der Waals surface area contributed by atoms with Gasteiger partial charge in [0.2, 0.25) is 11.8 Å². The van der Waals surface area contributed by atoms with E-state index in [2.05, 4.69) is 15.7 Å². The van der Waals surface area contributed by atoms with Crippen LogP contribution in [0, 0.1) is 24.2 Å². The van der Waals surface area contributed by atoms with E-state index in [0.29, 0.717) is 12.1 Å². The van der Waals surface area contributed by atoms with Crippen LogP contribution in [0.25, 0.3) is 6.08 Å². The molecule has 2 amide bonds. The Hall–Kier alpha value is -3.37. The molecule has 2 rings (SSSR count). The molecule has 1 aromatic heterocycles. The normalized spacial score (nSPS) is 14.9. The van der Waals surface area contributed by atoms with Gasteiger partial charge in [0.1, 0.15) is 11.5 Å². The lowest BCUT2D eigenvalue weighted by molar-refractivity contribution is -0.151. The minimum absolute atomic E-state index is 0.0102. The van der Waals surface area contributed by atoms with Crippen molar-refractivity contribution in [1.82, 2.24) is 25.9 Å². The molecule has 3 atom stereocenters. The number of Topliss-reactive ketones (excluding diaryl/α,β-unsaturated/α-hetero) is 1. The Morgan fingerprint density at radius 1 is 1.23 bits per heavy atom. The number of hydrogen-bond acceptors (Lipinski definition) is 7. The van der Waals surface area contributed by atoms with Crippen molar-refractivity contribution in [2.24, 2.45) is 23.1 Å². The van der Waals surface area contributed by atoms with Crippen LogP contribution in [-0.4, -0.2) is 37.8 Å². The van der Waals surface area contributed by atoms with E-state index in [1.807, 2.05) is 57.2 Å². The van der Waals surface area contributed by atoms with Gasteiger partial charge in [0.25, 0.3) is 0 Å². The number of amides is 2. The van der Waals surface area contributed by atoms with Crippen LogP contribution in [0.5, 0.6) is 0 Å². The van der Waals surface area contributed by atoms with E-state index in [0.717, 1.165) is 5.56 Å². The summed E-state index contributed by atoms with van der Waals surface area (Å²) in [5.74, 6) is 2.58. The van der Waals surface area contributed by atoms with E-state index in [1.165, 1.54) is 4.68 Å². The predicted octanol–water partition coefficient (Wildman–Crippen LogP) is 2.74. The van der Waals surface area contributed by atoms with Crippen LogP contribution in [0.4, 0.5) is 0 Å². The van der Waals surface area contributed by atoms with Gasteiger partial charge in [-0.2, -0.15) is 0 Å². The van der Waals surface area contributed by atoms with Crippen LogP contribution in [0.15, 0.2) is 42.6 Å². The summed E-state index contributed by atoms with van der Waals surface area (Å²) in [6.45, 7) is 7.41. The number of allylic oxidation sites excluding steroid dienone is 1. The highest BCUT2D eigenvalue weighted by atomic mass is 16.5. The molecule has 0 aliphatic carbocycles. The zero-order valence-corrected chi connectivity index (χ0v) is 20.8. The van der Waals surface area contributed by atoms with E-state index >= 15 is 0 Å². The number of hydrazine groups is 1. The minimum Gasteiger partial charge on any atom is -0.296 e. The summed E-state index contributed by atoms with van der Waals surface area (Å²) >= 11 is 0. The van der Waals surface area contributed by atoms with E-state index in [-0.39, 0.29) is 25.2 Å². The van der Waals surface area contributed by atoms with Crippen LogP contribution in [0.1, 0.15) is 63.8 Å². The summed E-state index contributed by atoms with van der Waals surface area (Å²) in [5, 5.41) is 17.6. The second-order valence-corrected chi connectivity index (χ2v) is 9.18. The number of aromatic nitrogens is 3. The highest BCUT2D eigenvalue weighted by Gasteiger charge is 2.51. The average Bonchev–Trinajstić information content (AvgIpc) is 3.27. The number of hydroxylamine groups is 1. The van der Waals surface area contributed by atoms with Crippen LogP contribution < -0.4 is 16.7 Å². The predicted molar refractivity (Wildman–Crippen MR) is 131 cm³/mol. The monoisotopic (exact) mass is 484 g/mol. The Morgan fingerprint density at radius 2 is 1.91 bits per heavy atom. The molecule has 0 fully saturated rings. The molecule has 190 valence electrons. The Kier molecular flexibility index (Phi) is 10.3. The average molecular weight is 485 g/mol. The van der Waals surface area contributed by atoms with Gasteiger partial charge in [-0.3, -0.25) is 25.0 Å². The Bertz CT molecular complexity index is 1020. The van der Waals surface area contributed by atoms with Gasteiger partial charge >= 0.3 is 0 Å². The molecule has 10 heteroatoms. The summed E-state index contributed by atoms with van der Waals surface area (Å²) in [4.78, 5) is 40.3. The largest absolute Gasteiger partial charge is 0.296 e. The lowest BCUT2D eigenvalue weighted by Crippen LogP contribution is -2.54. The Labute approximate surface area is 205 Å². The van der Waals surface area contributed by atoms with Crippen molar-refractivity contribution in [2.75, 3.05) is 0 Å². The van der Waals surface area contributed by atoms with Crippen molar-refractivity contribution < 1.29 is 19.6 Å². The third-order valence-electron chi connectivity index (χ3n) is 5.98. The quantitative estimate of drug-likeness (QED) is 0.112. The number of carbonyl (C=O) groups is 3. The maximum Gasteiger partial charge on any atom is 0.249 e. The van der Waals surface area contributed by atoms with E-state index in [1.54, 1.807) is 24.7 Å². The fourth-order valence-electron chi connectivity index (χ4n) is 4.55. The molecule has 0 aliphatic heterocycles. The number of rotatable bonds is 13. The molecule has 35 heavy (non-hydrogen) atoms. The number of nitrogens with one attached hydrogen (secondary N) is 2. The number of nitrogens with zero attached hydrogens (tertiary/aromatic N) is 3. The van der Waals surface area contributed by atoms with Crippen molar-refractivity contribution in [3.05, 3.63) is 53.9 Å². The molecule has 1 unspecified atom stereocenters. The number of benzene rings is 1. The van der Waals surface area contributed by atoms with Gasteiger partial charge < -0.3 is 0 Å². The van der Waals surface area contributed by atoms with Crippen molar-refractivity contribution in [3.63, 3.8) is 0 Å². The van der Waals surface area contributed by atoms with Crippen molar-refractivity contribution in [1.29, 1.82) is 0 Å². The van der Waals surface area contributed by atoms with Crippen LogP contribution >= 0.6 is 0 Å². The zero-order chi connectivity index (χ0) is 26.0. The zero-order valence-electron chi connectivity index (χ0n) is 20.8. The highest BCUT2D eigenvalue weighted by Crippen LogP contribution is 2.40. The number of ketones is 1. The summed E-state index contributed by atoms with van der Waals surface area (Å²) in [7, 11) is 0. The van der Waals surface area contributed by atoms with Gasteiger partial charge in [-0.25, -0.2) is 16.0 Å². The second-order valence-electron chi connectivity index (χ2n) is 9.18. The number of hydrogen-bond donors (Lipinski definition) is 4. The molecular formula is C25H36N6O4. The van der Waals surface area contributed by atoms with Crippen LogP contribution in [0.3, 0.4) is 0 Å². The molecule has 1 heterocycles. The first-order valence-corrected chi connectivity index (χ1v) is 11.8. The van der Waals surface area contributed by atoms with Gasteiger partial charge in [0.05, 0.1) is 11.6 Å². The Balaban J connectivity index is 2.62. The lowest BCUT2D eigenvalue weighted by Gasteiger charge is -2.36. The summed E-state index contributed by atoms with van der Waals surface area (Å²) < 4.78 is 1.31. The standard InChI is InChI=1S/C25H36N6O4/c1-5-14-25(15-17(2)3,24(34)27-26)22(32)21(31-16-18(4)28-30-31)20(23(33)29-35)13-9-12-19-10-7-6-8-11-19/h6-12,16-17,20-21,35H,5,13-15,26H2,1-4H3,(H,27,34)(H,29,33)/b12-9+/t20-,21+,25?/m0/s1. The first kappa shape index (κ1) is 27.9. The molecule has 0 saturated heterocycles. The fourth-order valence-corrected chi connectivity index (χ4v) is 4.55. The molecule has 10 nitrogen and oxygen atoms in total. The lowest BCUT2D eigenvalue weighted by atomic mass is 9.68. The molecule has 0 aliphatic rings. The van der Waals surface area contributed by atoms with E-state index in [9.17, 15) is 19.6 Å².